The summed E-state index contributed by atoms with van der Waals surface area (Å²) in [6, 6.07) is 6.50. The van der Waals surface area contributed by atoms with Crippen molar-refractivity contribution in [1.82, 2.24) is 9.80 Å². The van der Waals surface area contributed by atoms with Crippen molar-refractivity contribution in [2.75, 3.05) is 39.3 Å². The topological polar surface area (TPSA) is 26.7 Å². The van der Waals surface area contributed by atoms with Gasteiger partial charge in [-0.05, 0) is 30.2 Å². The van der Waals surface area contributed by atoms with Gasteiger partial charge in [0.2, 0.25) is 0 Å². The molecule has 0 aliphatic carbocycles. The number of aryl methyl sites for hydroxylation is 1. The van der Waals surface area contributed by atoms with E-state index in [0.29, 0.717) is 0 Å². The minimum atomic E-state index is 0.270. The molecule has 0 bridgehead atoms. The van der Waals surface area contributed by atoms with E-state index in [1.54, 1.807) is 0 Å². The zero-order chi connectivity index (χ0) is 13.0. The van der Waals surface area contributed by atoms with Crippen LogP contribution in [0.15, 0.2) is 22.7 Å². The molecular formula is C14H21BrN2O. The smallest absolute Gasteiger partial charge is 0.0558 e. The van der Waals surface area contributed by atoms with Gasteiger partial charge in [0.15, 0.2) is 0 Å². The Morgan fingerprint density at radius 1 is 1.17 bits per heavy atom. The fourth-order valence-corrected chi connectivity index (χ4v) is 2.87. The highest BCUT2D eigenvalue weighted by Crippen LogP contribution is 2.18. The number of rotatable bonds is 4. The minimum Gasteiger partial charge on any atom is -0.395 e. The van der Waals surface area contributed by atoms with Gasteiger partial charge in [-0.15, -0.1) is 0 Å². The number of benzene rings is 1. The van der Waals surface area contributed by atoms with Gasteiger partial charge < -0.3 is 5.11 Å². The number of piperazine rings is 1. The molecule has 0 unspecified atom stereocenters. The first-order valence-electron chi connectivity index (χ1n) is 6.49. The summed E-state index contributed by atoms with van der Waals surface area (Å²) in [7, 11) is 0. The molecule has 0 atom stereocenters. The lowest BCUT2D eigenvalue weighted by atomic mass is 10.1. The van der Waals surface area contributed by atoms with Crippen molar-refractivity contribution in [2.45, 2.75) is 13.5 Å². The molecule has 0 saturated carbocycles. The van der Waals surface area contributed by atoms with Crippen LogP contribution in [-0.2, 0) is 6.54 Å². The summed E-state index contributed by atoms with van der Waals surface area (Å²) in [5.41, 5.74) is 2.76. The molecule has 1 fully saturated rings. The summed E-state index contributed by atoms with van der Waals surface area (Å²) >= 11 is 3.50. The molecular weight excluding hydrogens is 292 g/mol. The van der Waals surface area contributed by atoms with Crippen molar-refractivity contribution in [3.05, 3.63) is 33.8 Å². The first-order valence-corrected chi connectivity index (χ1v) is 7.29. The molecule has 0 amide bonds. The van der Waals surface area contributed by atoms with E-state index in [0.717, 1.165) is 43.7 Å². The zero-order valence-electron chi connectivity index (χ0n) is 10.9. The molecule has 2 rings (SSSR count). The van der Waals surface area contributed by atoms with Crippen LogP contribution in [0.4, 0.5) is 0 Å². The van der Waals surface area contributed by atoms with Crippen LogP contribution in [0.5, 0.6) is 0 Å². The number of hydrogen-bond donors (Lipinski definition) is 1. The Hall–Kier alpha value is -0.420. The standard InChI is InChI=1S/C14H21BrN2O/c1-12-10-14(15)3-2-13(12)11-17-6-4-16(5-7-17)8-9-18/h2-3,10,18H,4-9,11H2,1H3. The molecule has 100 valence electrons. The molecule has 1 heterocycles. The molecule has 1 saturated heterocycles. The van der Waals surface area contributed by atoms with Crippen molar-refractivity contribution in [3.63, 3.8) is 0 Å². The van der Waals surface area contributed by atoms with Crippen LogP contribution in [0.2, 0.25) is 0 Å². The van der Waals surface area contributed by atoms with Gasteiger partial charge >= 0.3 is 0 Å². The van der Waals surface area contributed by atoms with Gasteiger partial charge in [0.05, 0.1) is 6.61 Å². The Morgan fingerprint density at radius 2 is 1.83 bits per heavy atom. The third-order valence-corrected chi connectivity index (χ3v) is 4.07. The highest BCUT2D eigenvalue weighted by Gasteiger charge is 2.16. The van der Waals surface area contributed by atoms with E-state index in [4.69, 9.17) is 5.11 Å². The molecule has 1 aromatic rings. The average molecular weight is 313 g/mol. The summed E-state index contributed by atoms with van der Waals surface area (Å²) in [5.74, 6) is 0. The lowest BCUT2D eigenvalue weighted by Crippen LogP contribution is -2.46. The van der Waals surface area contributed by atoms with Crippen LogP contribution in [-0.4, -0.2) is 54.2 Å². The Kier molecular flexibility index (Phi) is 5.18. The maximum atomic E-state index is 8.92. The predicted molar refractivity (Wildman–Crippen MR) is 77.7 cm³/mol. The summed E-state index contributed by atoms with van der Waals surface area (Å²) in [4.78, 5) is 4.81. The minimum absolute atomic E-state index is 0.270. The van der Waals surface area contributed by atoms with Crippen LogP contribution in [0.3, 0.4) is 0 Å². The molecule has 1 aliphatic rings. The Balaban J connectivity index is 1.87. The lowest BCUT2D eigenvalue weighted by molar-refractivity contribution is 0.108. The maximum Gasteiger partial charge on any atom is 0.0558 e. The molecule has 3 nitrogen and oxygen atoms in total. The summed E-state index contributed by atoms with van der Waals surface area (Å²) in [5, 5.41) is 8.92. The first kappa shape index (κ1) is 14.0. The van der Waals surface area contributed by atoms with Crippen molar-refractivity contribution < 1.29 is 5.11 Å². The van der Waals surface area contributed by atoms with Gasteiger partial charge in [-0.25, -0.2) is 0 Å². The van der Waals surface area contributed by atoms with Gasteiger partial charge in [-0.1, -0.05) is 22.0 Å². The predicted octanol–water partition coefficient (Wildman–Crippen LogP) is 1.87. The SMILES string of the molecule is Cc1cc(Br)ccc1CN1CCN(CCO)CC1. The van der Waals surface area contributed by atoms with E-state index in [1.807, 2.05) is 0 Å². The van der Waals surface area contributed by atoms with Gasteiger partial charge in [0, 0.05) is 43.7 Å². The normalized spacial score (nSPS) is 18.2. The van der Waals surface area contributed by atoms with E-state index in [9.17, 15) is 0 Å². The maximum absolute atomic E-state index is 8.92. The molecule has 1 aromatic carbocycles. The molecule has 1 aliphatic heterocycles. The van der Waals surface area contributed by atoms with E-state index < -0.39 is 0 Å². The van der Waals surface area contributed by atoms with Crippen molar-refractivity contribution in [2.24, 2.45) is 0 Å². The van der Waals surface area contributed by atoms with E-state index >= 15 is 0 Å². The molecule has 4 heteroatoms. The molecule has 0 radical (unpaired) electrons. The number of hydrogen-bond acceptors (Lipinski definition) is 3. The van der Waals surface area contributed by atoms with Crippen molar-refractivity contribution in [1.29, 1.82) is 0 Å². The Bertz CT molecular complexity index is 389. The van der Waals surface area contributed by atoms with Gasteiger partial charge in [0.25, 0.3) is 0 Å². The highest BCUT2D eigenvalue weighted by molar-refractivity contribution is 9.10. The largest absolute Gasteiger partial charge is 0.395 e. The van der Waals surface area contributed by atoms with E-state index in [1.165, 1.54) is 11.1 Å². The van der Waals surface area contributed by atoms with Crippen LogP contribution >= 0.6 is 15.9 Å². The summed E-state index contributed by atoms with van der Waals surface area (Å²) < 4.78 is 1.15. The number of aliphatic hydroxyl groups is 1. The molecule has 0 aromatic heterocycles. The second-order valence-electron chi connectivity index (χ2n) is 4.91. The number of aliphatic hydroxyl groups excluding tert-OH is 1. The monoisotopic (exact) mass is 312 g/mol. The first-order chi connectivity index (χ1) is 8.69. The molecule has 1 N–H and O–H groups in total. The zero-order valence-corrected chi connectivity index (χ0v) is 12.5. The van der Waals surface area contributed by atoms with Crippen LogP contribution in [0, 0.1) is 6.92 Å². The fraction of sp³-hybridized carbons (Fsp3) is 0.571. The Morgan fingerprint density at radius 3 is 2.44 bits per heavy atom. The number of halogens is 1. The van der Waals surface area contributed by atoms with Crippen LogP contribution in [0.25, 0.3) is 0 Å². The quantitative estimate of drug-likeness (QED) is 0.919. The van der Waals surface area contributed by atoms with E-state index in [-0.39, 0.29) is 6.61 Å². The number of nitrogens with zero attached hydrogens (tertiary/aromatic N) is 2. The average Bonchev–Trinajstić information content (AvgIpc) is 2.35. The van der Waals surface area contributed by atoms with Gasteiger partial charge in [-0.3, -0.25) is 9.80 Å². The third kappa shape index (κ3) is 3.79. The Labute approximate surface area is 118 Å². The molecule has 18 heavy (non-hydrogen) atoms. The van der Waals surface area contributed by atoms with E-state index in [2.05, 4.69) is 50.9 Å². The third-order valence-electron chi connectivity index (χ3n) is 3.58. The van der Waals surface area contributed by atoms with Crippen LogP contribution in [0.1, 0.15) is 11.1 Å². The molecule has 0 spiro atoms. The second-order valence-corrected chi connectivity index (χ2v) is 5.83. The number of β-amino-alcohol motifs (C(OH)–C–C–N with tert-alkyl or cyclic N) is 1. The summed E-state index contributed by atoms with van der Waals surface area (Å²) in [6.45, 7) is 8.60. The second kappa shape index (κ2) is 6.66. The van der Waals surface area contributed by atoms with Crippen LogP contribution < -0.4 is 0 Å². The lowest BCUT2D eigenvalue weighted by Gasteiger charge is -2.34. The van der Waals surface area contributed by atoms with Crippen molar-refractivity contribution >= 4 is 15.9 Å². The van der Waals surface area contributed by atoms with Crippen molar-refractivity contribution in [3.8, 4) is 0 Å². The fourth-order valence-electron chi connectivity index (χ4n) is 2.39. The van der Waals surface area contributed by atoms with Gasteiger partial charge in [0.1, 0.15) is 0 Å². The van der Waals surface area contributed by atoms with Gasteiger partial charge in [-0.2, -0.15) is 0 Å². The highest BCUT2D eigenvalue weighted by atomic mass is 79.9. The summed E-state index contributed by atoms with van der Waals surface area (Å²) in [6.07, 6.45) is 0.